The van der Waals surface area contributed by atoms with Gasteiger partial charge in [-0.3, -0.25) is 28.8 Å². The summed E-state index contributed by atoms with van der Waals surface area (Å²) in [6.07, 6.45) is 2.20. The molecule has 272 valence electrons. The van der Waals surface area contributed by atoms with Crippen LogP contribution in [0.1, 0.15) is 78.7 Å². The van der Waals surface area contributed by atoms with Crippen molar-refractivity contribution in [2.45, 2.75) is 90.5 Å². The Morgan fingerprint density at radius 2 is 1.71 bits per heavy atom. The first kappa shape index (κ1) is 35.1. The van der Waals surface area contributed by atoms with Gasteiger partial charge in [-0.25, -0.2) is 15.0 Å². The number of ketones is 1. The van der Waals surface area contributed by atoms with Crippen molar-refractivity contribution in [3.8, 4) is 11.3 Å². The van der Waals surface area contributed by atoms with Crippen molar-refractivity contribution in [3.05, 3.63) is 59.1 Å². The average molecular weight is 718 g/mol. The number of Topliss-reactive ketones (excluding diaryl/α,β-unsaturated/α-hetero) is 1. The Bertz CT molecular complexity index is 2120. The number of amides is 3. The van der Waals surface area contributed by atoms with Gasteiger partial charge in [-0.15, -0.1) is 0 Å². The van der Waals surface area contributed by atoms with Crippen LogP contribution < -0.4 is 5.32 Å². The zero-order chi connectivity index (χ0) is 37.1. The second kappa shape index (κ2) is 13.0. The number of hydrogen-bond acceptors (Lipinski definition) is 9. The molecule has 0 spiro atoms. The molecule has 52 heavy (non-hydrogen) atoms. The molecule has 1 N–H and O–H groups in total. The van der Waals surface area contributed by atoms with Gasteiger partial charge in [-0.1, -0.05) is 12.5 Å². The molecule has 2 bridgehead atoms. The zero-order valence-electron chi connectivity index (χ0n) is 29.3. The van der Waals surface area contributed by atoms with Crippen LogP contribution in [-0.2, 0) is 33.5 Å². The molecule has 6 heterocycles. The normalized spacial score (nSPS) is 22.4. The maximum atomic E-state index is 14.4. The lowest BCUT2D eigenvalue weighted by Crippen LogP contribution is -2.47. The Kier molecular flexibility index (Phi) is 8.81. The molecule has 4 aromatic rings. The number of carbonyl (C=O) groups excluding carboxylic acids is 4. The fourth-order valence-corrected chi connectivity index (χ4v) is 7.67. The van der Waals surface area contributed by atoms with E-state index >= 15 is 0 Å². The lowest BCUT2D eigenvalue weighted by atomic mass is 9.98. The number of piperidine rings is 1. The molecule has 2 fully saturated rings. The maximum absolute atomic E-state index is 14.4. The molecular weight excluding hydrogens is 679 g/mol. The monoisotopic (exact) mass is 717 g/mol. The van der Waals surface area contributed by atoms with E-state index in [1.807, 2.05) is 0 Å². The summed E-state index contributed by atoms with van der Waals surface area (Å²) in [4.78, 5) is 74.9. The smallest absolute Gasteiger partial charge is 0.345 e. The third kappa shape index (κ3) is 6.50. The minimum atomic E-state index is -4.72. The van der Waals surface area contributed by atoms with Gasteiger partial charge in [0, 0.05) is 61.7 Å². The van der Waals surface area contributed by atoms with Gasteiger partial charge in [0.15, 0.2) is 5.78 Å². The molecule has 1 aliphatic carbocycles. The third-order valence-corrected chi connectivity index (χ3v) is 10.4. The van der Waals surface area contributed by atoms with Crippen LogP contribution in [0.3, 0.4) is 0 Å². The van der Waals surface area contributed by atoms with Crippen LogP contribution in [0.2, 0.25) is 0 Å². The first-order chi connectivity index (χ1) is 24.6. The van der Waals surface area contributed by atoms with Gasteiger partial charge in [-0.2, -0.15) is 18.3 Å². The van der Waals surface area contributed by atoms with E-state index in [4.69, 9.17) is 4.98 Å². The van der Waals surface area contributed by atoms with E-state index in [1.165, 1.54) is 29.5 Å². The highest BCUT2D eigenvalue weighted by atomic mass is 19.4. The van der Waals surface area contributed by atoms with Gasteiger partial charge in [-0.05, 0) is 63.6 Å². The molecule has 0 radical (unpaired) electrons. The minimum absolute atomic E-state index is 0.0484. The molecule has 2 aliphatic heterocycles. The third-order valence-electron chi connectivity index (χ3n) is 10.4. The summed E-state index contributed by atoms with van der Waals surface area (Å²) in [6, 6.07) is 2.37. The molecule has 3 aliphatic rings. The number of anilines is 1. The fraction of sp³-hybridized carbons (Fsp3) is 0.472. The maximum Gasteiger partial charge on any atom is 0.433 e. The average Bonchev–Trinajstić information content (AvgIpc) is 3.48. The Balaban J connectivity index is 1.29. The molecule has 1 saturated carbocycles. The Morgan fingerprint density at radius 3 is 2.42 bits per heavy atom. The number of carbonyl (C=O) groups is 4. The minimum Gasteiger partial charge on any atom is -0.345 e. The highest BCUT2D eigenvalue weighted by Gasteiger charge is 2.67. The molecular formula is C36H38F3N9O4. The lowest BCUT2D eigenvalue weighted by Gasteiger charge is -2.27. The number of aromatic nitrogens is 6. The lowest BCUT2D eigenvalue weighted by molar-refractivity contribution is -0.141. The highest BCUT2D eigenvalue weighted by molar-refractivity contribution is 6.06. The van der Waals surface area contributed by atoms with Gasteiger partial charge < -0.3 is 15.1 Å². The van der Waals surface area contributed by atoms with Crippen LogP contribution in [0.15, 0.2) is 30.6 Å². The summed E-state index contributed by atoms with van der Waals surface area (Å²) >= 11 is 0. The number of nitrogens with zero attached hydrogens (tertiary/aromatic N) is 8. The predicted octanol–water partition coefficient (Wildman–Crippen LogP) is 4.69. The van der Waals surface area contributed by atoms with Gasteiger partial charge >= 0.3 is 6.18 Å². The quantitative estimate of drug-likeness (QED) is 0.296. The van der Waals surface area contributed by atoms with Crippen molar-refractivity contribution in [2.24, 2.45) is 5.41 Å². The SMILES string of the molecule is CC(=O)c1nn2c3c(nc(-c4cnc(C)nc4)cc13)CCCCCC(=O)N(C)C[C@@]13C[C@@H](C(=O)Nc4nc(C(F)(F)F)ccc4C)N(C(=O)C2)[C@@H]1C3. The van der Waals surface area contributed by atoms with Crippen LogP contribution in [-0.4, -0.2) is 88.7 Å². The van der Waals surface area contributed by atoms with Crippen LogP contribution in [0.25, 0.3) is 22.2 Å². The van der Waals surface area contributed by atoms with Crippen LogP contribution in [0.5, 0.6) is 0 Å². The van der Waals surface area contributed by atoms with Crippen molar-refractivity contribution in [3.63, 3.8) is 0 Å². The molecule has 0 aromatic carbocycles. The first-order valence-corrected chi connectivity index (χ1v) is 17.3. The number of pyridine rings is 2. The highest BCUT2D eigenvalue weighted by Crippen LogP contribution is 2.60. The molecule has 4 aromatic heterocycles. The van der Waals surface area contributed by atoms with E-state index in [-0.39, 0.29) is 36.2 Å². The molecule has 3 atom stereocenters. The summed E-state index contributed by atoms with van der Waals surface area (Å²) < 4.78 is 42.0. The van der Waals surface area contributed by atoms with Crippen LogP contribution >= 0.6 is 0 Å². The van der Waals surface area contributed by atoms with Crippen molar-refractivity contribution >= 4 is 40.2 Å². The second-order valence-corrected chi connectivity index (χ2v) is 14.2. The van der Waals surface area contributed by atoms with E-state index in [2.05, 4.69) is 25.4 Å². The Hall–Kier alpha value is -5.28. The van der Waals surface area contributed by atoms with E-state index in [0.29, 0.717) is 77.9 Å². The Morgan fingerprint density at radius 1 is 0.981 bits per heavy atom. The van der Waals surface area contributed by atoms with Gasteiger partial charge in [0.25, 0.3) is 0 Å². The van der Waals surface area contributed by atoms with Gasteiger partial charge in [0.05, 0.1) is 16.9 Å². The molecule has 1 saturated heterocycles. The van der Waals surface area contributed by atoms with Crippen molar-refractivity contribution in [1.82, 2.24) is 39.5 Å². The number of rotatable bonds is 4. The van der Waals surface area contributed by atoms with Crippen molar-refractivity contribution < 1.29 is 32.3 Å². The van der Waals surface area contributed by atoms with E-state index in [9.17, 15) is 32.3 Å². The molecule has 0 unspecified atom stereocenters. The standard InChI is InChI=1S/C36H38F3N9O4/c1-19-10-11-27(36(37,38)39)43-33(19)44-34(52)26-13-35-14-28(35)48(26)30(51)17-47-32-23(31(45-47)20(2)49)12-25(22-15-40-21(3)41-16-22)42-24(32)8-6-5-7-9-29(50)46(4)18-35/h10-12,15-16,26,28H,5-9,13-14,17-18H2,1-4H3,(H,43,44,52)/t26-,28+,35-/m0/s1. The number of alkyl halides is 3. The molecule has 16 heteroatoms. The van der Waals surface area contributed by atoms with E-state index in [1.54, 1.807) is 37.3 Å². The van der Waals surface area contributed by atoms with Crippen molar-refractivity contribution in [2.75, 3.05) is 18.9 Å². The Labute approximate surface area is 297 Å². The molecule has 3 amide bonds. The topological polar surface area (TPSA) is 156 Å². The van der Waals surface area contributed by atoms with Gasteiger partial charge in [0.1, 0.15) is 35.6 Å². The van der Waals surface area contributed by atoms with E-state index < -0.39 is 41.2 Å². The largest absolute Gasteiger partial charge is 0.433 e. The summed E-state index contributed by atoms with van der Waals surface area (Å²) in [5.41, 5.74) is 1.08. The molecule has 7 rings (SSSR count). The summed E-state index contributed by atoms with van der Waals surface area (Å²) in [5.74, 6) is -1.15. The van der Waals surface area contributed by atoms with Crippen LogP contribution in [0.4, 0.5) is 19.0 Å². The first-order valence-electron chi connectivity index (χ1n) is 17.3. The predicted molar refractivity (Wildman–Crippen MR) is 182 cm³/mol. The number of nitrogens with one attached hydrogen (secondary N) is 1. The van der Waals surface area contributed by atoms with Crippen molar-refractivity contribution in [1.29, 1.82) is 0 Å². The zero-order valence-corrected chi connectivity index (χ0v) is 29.3. The summed E-state index contributed by atoms with van der Waals surface area (Å²) in [5, 5.41) is 7.70. The number of aryl methyl sites for hydroxylation is 3. The number of halogens is 3. The van der Waals surface area contributed by atoms with Crippen LogP contribution in [0, 0.1) is 19.3 Å². The summed E-state index contributed by atoms with van der Waals surface area (Å²) in [6.45, 7) is 4.70. The van der Waals surface area contributed by atoms with Gasteiger partial charge in [0.2, 0.25) is 17.7 Å². The second-order valence-electron chi connectivity index (χ2n) is 14.2. The summed E-state index contributed by atoms with van der Waals surface area (Å²) in [7, 11) is 1.71. The fourth-order valence-electron chi connectivity index (χ4n) is 7.67. The van der Waals surface area contributed by atoms with E-state index in [0.717, 1.165) is 12.5 Å². The number of hydrogen-bond donors (Lipinski definition) is 1. The molecule has 13 nitrogen and oxygen atoms in total.